The van der Waals surface area contributed by atoms with Crippen molar-refractivity contribution >= 4 is 0 Å². The molecule has 15 heavy (non-hydrogen) atoms. The van der Waals surface area contributed by atoms with Crippen LogP contribution in [-0.4, -0.2) is 17.2 Å². The van der Waals surface area contributed by atoms with E-state index in [0.29, 0.717) is 5.75 Å². The van der Waals surface area contributed by atoms with Gasteiger partial charge in [0.25, 0.3) is 5.95 Å². The molecule has 3 nitrogen and oxygen atoms in total. The maximum absolute atomic E-state index is 13.2. The fourth-order valence-electron chi connectivity index (χ4n) is 1.19. The van der Waals surface area contributed by atoms with Crippen molar-refractivity contribution in [3.05, 3.63) is 18.2 Å². The molecule has 1 heterocycles. The van der Waals surface area contributed by atoms with Crippen LogP contribution in [0.1, 0.15) is 26.7 Å². The van der Waals surface area contributed by atoms with E-state index < -0.39 is 5.95 Å². The van der Waals surface area contributed by atoms with Gasteiger partial charge >= 0.3 is 0 Å². The lowest BCUT2D eigenvalue weighted by atomic mass is 10.4. The normalized spacial score (nSPS) is 15.5. The summed E-state index contributed by atoms with van der Waals surface area (Å²) < 4.78 is 24.0. The van der Waals surface area contributed by atoms with Gasteiger partial charge in [-0.2, -0.15) is 4.39 Å². The average molecular weight is 211 g/mol. The van der Waals surface area contributed by atoms with Crippen molar-refractivity contribution in [3.63, 3.8) is 0 Å². The molecule has 0 radical (unpaired) electrons. The maximum Gasteiger partial charge on any atom is 0.255 e. The molecule has 1 aliphatic rings. The maximum atomic E-state index is 13.2. The lowest BCUT2D eigenvalue weighted by molar-refractivity contribution is 0.235. The highest BCUT2D eigenvalue weighted by atomic mass is 19.1. The molecule has 0 N–H and O–H groups in total. The third-order valence-corrected chi connectivity index (χ3v) is 1.97. The van der Waals surface area contributed by atoms with Gasteiger partial charge in [0.15, 0.2) is 5.75 Å². The second-order valence-electron chi connectivity index (χ2n) is 3.94. The monoisotopic (exact) mass is 211 g/mol. The van der Waals surface area contributed by atoms with Crippen LogP contribution >= 0.6 is 0 Å². The average Bonchev–Trinajstić information content (AvgIpc) is 2.94. The molecule has 1 aliphatic carbocycles. The molecule has 0 aliphatic heterocycles. The van der Waals surface area contributed by atoms with E-state index in [9.17, 15) is 4.39 Å². The molecule has 0 saturated heterocycles. The third kappa shape index (κ3) is 2.81. The Morgan fingerprint density at radius 2 is 2.20 bits per heavy atom. The molecule has 0 spiro atoms. The fraction of sp³-hybridized carbons (Fsp3) is 0.545. The molecule has 1 aromatic heterocycles. The number of rotatable bonds is 4. The van der Waals surface area contributed by atoms with Gasteiger partial charge < -0.3 is 9.47 Å². The number of halogens is 1. The first kappa shape index (κ1) is 10.2. The van der Waals surface area contributed by atoms with Gasteiger partial charge in [-0.3, -0.25) is 0 Å². The van der Waals surface area contributed by atoms with Gasteiger partial charge in [-0.15, -0.1) is 0 Å². The van der Waals surface area contributed by atoms with Crippen LogP contribution in [-0.2, 0) is 0 Å². The minimum absolute atomic E-state index is 0.0473. The van der Waals surface area contributed by atoms with Crippen molar-refractivity contribution in [2.45, 2.75) is 38.9 Å². The third-order valence-electron chi connectivity index (χ3n) is 1.97. The lowest BCUT2D eigenvalue weighted by Crippen LogP contribution is -2.07. The smallest absolute Gasteiger partial charge is 0.255 e. The van der Waals surface area contributed by atoms with E-state index in [1.807, 2.05) is 13.8 Å². The summed E-state index contributed by atoms with van der Waals surface area (Å²) >= 11 is 0. The van der Waals surface area contributed by atoms with Gasteiger partial charge in [-0.1, -0.05) is 0 Å². The summed E-state index contributed by atoms with van der Waals surface area (Å²) in [5.41, 5.74) is 0. The molecule has 1 aromatic rings. The number of ether oxygens (including phenoxy) is 2. The zero-order valence-electron chi connectivity index (χ0n) is 8.87. The molecule has 4 heteroatoms. The predicted octanol–water partition coefficient (Wildman–Crippen LogP) is 2.55. The Hall–Kier alpha value is -1.32. The summed E-state index contributed by atoms with van der Waals surface area (Å²) in [5.74, 6) is 0.163. The van der Waals surface area contributed by atoms with E-state index in [4.69, 9.17) is 9.47 Å². The van der Waals surface area contributed by atoms with Crippen LogP contribution in [0, 0.1) is 5.95 Å². The summed E-state index contributed by atoms with van der Waals surface area (Å²) in [4.78, 5) is 3.60. The fourth-order valence-corrected chi connectivity index (χ4v) is 1.19. The first-order chi connectivity index (χ1) is 7.15. The van der Waals surface area contributed by atoms with Gasteiger partial charge in [0.05, 0.1) is 18.4 Å². The second-order valence-corrected chi connectivity index (χ2v) is 3.94. The van der Waals surface area contributed by atoms with E-state index in [1.54, 1.807) is 6.07 Å². The van der Waals surface area contributed by atoms with Crippen LogP contribution in [0.4, 0.5) is 4.39 Å². The van der Waals surface area contributed by atoms with Crippen molar-refractivity contribution in [1.29, 1.82) is 0 Å². The molecule has 1 saturated carbocycles. The molecular weight excluding hydrogens is 197 g/mol. The number of hydrogen-bond donors (Lipinski definition) is 0. The molecule has 1 fully saturated rings. The van der Waals surface area contributed by atoms with E-state index in [1.165, 1.54) is 6.20 Å². The second kappa shape index (κ2) is 4.04. The largest absolute Gasteiger partial charge is 0.489 e. The Labute approximate surface area is 88.2 Å². The topological polar surface area (TPSA) is 31.4 Å². The summed E-state index contributed by atoms with van der Waals surface area (Å²) in [6.45, 7) is 3.82. The van der Waals surface area contributed by atoms with Gasteiger partial charge in [0, 0.05) is 6.07 Å². The lowest BCUT2D eigenvalue weighted by Gasteiger charge is -2.11. The molecule has 0 amide bonds. The standard InChI is InChI=1S/C11H14FNO2/c1-7(2)14-9-5-10(11(12)13-6-9)15-8-3-4-8/h5-8H,3-4H2,1-2H3. The highest BCUT2D eigenvalue weighted by Gasteiger charge is 2.25. The quantitative estimate of drug-likeness (QED) is 0.717. The number of hydrogen-bond acceptors (Lipinski definition) is 3. The van der Waals surface area contributed by atoms with Gasteiger partial charge in [0.1, 0.15) is 5.75 Å². The zero-order valence-corrected chi connectivity index (χ0v) is 8.87. The van der Waals surface area contributed by atoms with Crippen LogP contribution in [0.25, 0.3) is 0 Å². The first-order valence-electron chi connectivity index (χ1n) is 5.14. The minimum atomic E-state index is -0.571. The van der Waals surface area contributed by atoms with Crippen molar-refractivity contribution in [2.75, 3.05) is 0 Å². The van der Waals surface area contributed by atoms with Crippen LogP contribution < -0.4 is 9.47 Å². The molecule has 0 aromatic carbocycles. The molecule has 0 atom stereocenters. The summed E-state index contributed by atoms with van der Waals surface area (Å²) in [5, 5.41) is 0. The molecule has 0 unspecified atom stereocenters. The van der Waals surface area contributed by atoms with E-state index >= 15 is 0 Å². The van der Waals surface area contributed by atoms with E-state index in [0.717, 1.165) is 12.8 Å². The number of aromatic nitrogens is 1. The molecular formula is C11H14FNO2. The summed E-state index contributed by atoms with van der Waals surface area (Å²) in [6, 6.07) is 1.56. The minimum Gasteiger partial charge on any atom is -0.489 e. The molecule has 2 rings (SSSR count). The van der Waals surface area contributed by atoms with Gasteiger partial charge in [-0.25, -0.2) is 4.98 Å². The summed E-state index contributed by atoms with van der Waals surface area (Å²) in [6.07, 6.45) is 3.57. The first-order valence-corrected chi connectivity index (χ1v) is 5.14. The summed E-state index contributed by atoms with van der Waals surface area (Å²) in [7, 11) is 0. The predicted molar refractivity (Wildman–Crippen MR) is 53.6 cm³/mol. The molecule has 82 valence electrons. The van der Waals surface area contributed by atoms with Crippen molar-refractivity contribution in [3.8, 4) is 11.5 Å². The van der Waals surface area contributed by atoms with Crippen LogP contribution in [0.2, 0.25) is 0 Å². The van der Waals surface area contributed by atoms with Crippen LogP contribution in [0.15, 0.2) is 12.3 Å². The SMILES string of the molecule is CC(C)Oc1cnc(F)c(OC2CC2)c1. The molecule has 0 bridgehead atoms. The Morgan fingerprint density at radius 1 is 1.47 bits per heavy atom. The van der Waals surface area contributed by atoms with Crippen LogP contribution in [0.5, 0.6) is 11.5 Å². The van der Waals surface area contributed by atoms with Gasteiger partial charge in [-0.05, 0) is 26.7 Å². The van der Waals surface area contributed by atoms with E-state index in [2.05, 4.69) is 4.98 Å². The van der Waals surface area contributed by atoms with E-state index in [-0.39, 0.29) is 18.0 Å². The van der Waals surface area contributed by atoms with Gasteiger partial charge in [0.2, 0.25) is 0 Å². The zero-order chi connectivity index (χ0) is 10.8. The Morgan fingerprint density at radius 3 is 2.80 bits per heavy atom. The Kier molecular flexibility index (Phi) is 2.75. The highest BCUT2D eigenvalue weighted by molar-refractivity contribution is 5.30. The Bertz CT molecular complexity index is 350. The van der Waals surface area contributed by atoms with Crippen molar-refractivity contribution in [1.82, 2.24) is 4.98 Å². The Balaban J connectivity index is 2.12. The number of nitrogens with zero attached hydrogens (tertiary/aromatic N) is 1. The number of pyridine rings is 1. The van der Waals surface area contributed by atoms with Crippen LogP contribution in [0.3, 0.4) is 0 Å². The highest BCUT2D eigenvalue weighted by Crippen LogP contribution is 2.30. The van der Waals surface area contributed by atoms with Crippen molar-refractivity contribution < 1.29 is 13.9 Å². The van der Waals surface area contributed by atoms with Crippen molar-refractivity contribution in [2.24, 2.45) is 0 Å².